The van der Waals surface area contributed by atoms with Crippen LogP contribution in [0.1, 0.15) is 40.0 Å². The smallest absolute Gasteiger partial charge is 0.410 e. The fourth-order valence-electron chi connectivity index (χ4n) is 2.83. The number of hydrogen-bond donors (Lipinski definition) is 2. The summed E-state index contributed by atoms with van der Waals surface area (Å²) >= 11 is 6.39. The molecule has 25 heavy (non-hydrogen) atoms. The minimum Gasteiger partial charge on any atom is -0.495 e. The molecule has 1 saturated heterocycles. The van der Waals surface area contributed by atoms with Crippen LogP contribution in [0.2, 0.25) is 5.02 Å². The van der Waals surface area contributed by atoms with Crippen LogP contribution in [0.15, 0.2) is 12.1 Å². The Bertz CT molecular complexity index is 616. The second-order valence-corrected chi connectivity index (χ2v) is 7.69. The van der Waals surface area contributed by atoms with Crippen LogP contribution in [0.3, 0.4) is 0 Å². The van der Waals surface area contributed by atoms with Crippen molar-refractivity contribution in [3.8, 4) is 5.75 Å². The maximum Gasteiger partial charge on any atom is 0.410 e. The number of carbonyl (C=O) groups excluding carboxylic acids is 1. The normalized spacial score (nSPS) is 18.4. The molecule has 1 aliphatic heterocycles. The van der Waals surface area contributed by atoms with Crippen LogP contribution in [-0.4, -0.2) is 42.8 Å². The maximum atomic E-state index is 12.4. The topological polar surface area (TPSA) is 76.8 Å². The zero-order valence-corrected chi connectivity index (χ0v) is 16.2. The molecule has 1 aromatic carbocycles. The number of amides is 1. The molecule has 0 saturated carbocycles. The fourth-order valence-corrected chi connectivity index (χ4v) is 3.14. The number of ether oxygens (including phenoxy) is 2. The van der Waals surface area contributed by atoms with Gasteiger partial charge in [0.05, 0.1) is 18.5 Å². The van der Waals surface area contributed by atoms with Crippen LogP contribution >= 0.6 is 11.6 Å². The van der Waals surface area contributed by atoms with Gasteiger partial charge in [0.1, 0.15) is 16.4 Å². The highest BCUT2D eigenvalue weighted by molar-refractivity contribution is 6.35. The molecule has 1 aliphatic rings. The summed E-state index contributed by atoms with van der Waals surface area (Å²) < 4.78 is 10.8. The first kappa shape index (κ1) is 19.5. The van der Waals surface area contributed by atoms with Crippen molar-refractivity contribution in [1.82, 2.24) is 4.90 Å². The van der Waals surface area contributed by atoms with Gasteiger partial charge in [-0.05, 0) is 52.2 Å². The van der Waals surface area contributed by atoms with Gasteiger partial charge in [0.15, 0.2) is 0 Å². The van der Waals surface area contributed by atoms with E-state index in [1.165, 1.54) is 0 Å². The Morgan fingerprint density at radius 2 is 2.08 bits per heavy atom. The monoisotopic (exact) mass is 369 g/mol. The summed E-state index contributed by atoms with van der Waals surface area (Å²) in [5, 5.41) is 3.85. The number of hydrogen-bond acceptors (Lipinski definition) is 5. The lowest BCUT2D eigenvalue weighted by atomic mass is 10.1. The molecule has 2 rings (SSSR count). The minimum absolute atomic E-state index is 0.0434. The van der Waals surface area contributed by atoms with Gasteiger partial charge in [-0.25, -0.2) is 4.79 Å². The van der Waals surface area contributed by atoms with E-state index in [1.807, 2.05) is 20.8 Å². The average molecular weight is 370 g/mol. The number of benzene rings is 1. The standard InChI is InChI=1S/C18H28ClN3O3/c1-18(2,3)25-17(23)22-10-6-5-7-12(11-22)21-16-13(20)8-9-14(24-4)15(16)19/h8-9,12,21H,5-7,10-11,20H2,1-4H3/t12-/m1/s1. The van der Waals surface area contributed by atoms with E-state index in [2.05, 4.69) is 5.32 Å². The summed E-state index contributed by atoms with van der Waals surface area (Å²) in [5.41, 5.74) is 6.77. The van der Waals surface area contributed by atoms with Crippen molar-refractivity contribution in [1.29, 1.82) is 0 Å². The highest BCUT2D eigenvalue weighted by atomic mass is 35.5. The summed E-state index contributed by atoms with van der Waals surface area (Å²) in [7, 11) is 1.57. The molecule has 6 nitrogen and oxygen atoms in total. The quantitative estimate of drug-likeness (QED) is 0.783. The number of rotatable bonds is 3. The second-order valence-electron chi connectivity index (χ2n) is 7.31. The zero-order valence-electron chi connectivity index (χ0n) is 15.4. The molecule has 140 valence electrons. The first-order chi connectivity index (χ1) is 11.7. The summed E-state index contributed by atoms with van der Waals surface area (Å²) in [6.07, 6.45) is 2.59. The molecule has 1 atom stereocenters. The molecular weight excluding hydrogens is 342 g/mol. The van der Waals surface area contributed by atoms with Crippen molar-refractivity contribution in [2.75, 3.05) is 31.2 Å². The molecule has 0 aliphatic carbocycles. The average Bonchev–Trinajstić information content (AvgIpc) is 2.75. The predicted molar refractivity (Wildman–Crippen MR) is 101 cm³/mol. The molecule has 0 spiro atoms. The Kier molecular flexibility index (Phi) is 6.27. The van der Waals surface area contributed by atoms with Crippen LogP contribution < -0.4 is 15.8 Å². The molecule has 3 N–H and O–H groups in total. The van der Waals surface area contributed by atoms with Gasteiger partial charge in [-0.2, -0.15) is 0 Å². The number of likely N-dealkylation sites (tertiary alicyclic amines) is 1. The van der Waals surface area contributed by atoms with E-state index in [0.717, 1.165) is 19.3 Å². The van der Waals surface area contributed by atoms with E-state index in [9.17, 15) is 4.79 Å². The fraction of sp³-hybridized carbons (Fsp3) is 0.611. The number of halogens is 1. The number of nitrogens with one attached hydrogen (secondary N) is 1. The van der Waals surface area contributed by atoms with Crippen molar-refractivity contribution in [3.63, 3.8) is 0 Å². The third-order valence-electron chi connectivity index (χ3n) is 4.03. The van der Waals surface area contributed by atoms with Crippen LogP contribution in [0, 0.1) is 0 Å². The Morgan fingerprint density at radius 1 is 1.36 bits per heavy atom. The van der Waals surface area contributed by atoms with Crippen molar-refractivity contribution < 1.29 is 14.3 Å². The molecule has 1 aromatic rings. The van der Waals surface area contributed by atoms with E-state index in [1.54, 1.807) is 24.1 Å². The molecule has 0 aromatic heterocycles. The Hall–Kier alpha value is -1.82. The highest BCUT2D eigenvalue weighted by Crippen LogP contribution is 2.37. The third-order valence-corrected chi connectivity index (χ3v) is 4.41. The van der Waals surface area contributed by atoms with Gasteiger partial charge >= 0.3 is 6.09 Å². The maximum absolute atomic E-state index is 12.4. The lowest BCUT2D eigenvalue weighted by Gasteiger charge is -2.29. The van der Waals surface area contributed by atoms with Crippen LogP contribution in [-0.2, 0) is 4.74 Å². The predicted octanol–water partition coefficient (Wildman–Crippen LogP) is 4.13. The van der Waals surface area contributed by atoms with E-state index in [4.69, 9.17) is 26.8 Å². The Balaban J connectivity index is 2.13. The van der Waals surface area contributed by atoms with E-state index < -0.39 is 5.60 Å². The Labute approximate surface area is 154 Å². The number of methoxy groups -OCH3 is 1. The van der Waals surface area contributed by atoms with Gasteiger partial charge in [0.2, 0.25) is 0 Å². The van der Waals surface area contributed by atoms with Crippen molar-refractivity contribution >= 4 is 29.1 Å². The summed E-state index contributed by atoms with van der Waals surface area (Å²) in [6.45, 7) is 6.84. The summed E-state index contributed by atoms with van der Waals surface area (Å²) in [4.78, 5) is 14.2. The number of nitrogens with two attached hydrogens (primary N) is 1. The van der Waals surface area contributed by atoms with Crippen LogP contribution in [0.25, 0.3) is 0 Å². The van der Waals surface area contributed by atoms with Crippen molar-refractivity contribution in [3.05, 3.63) is 17.2 Å². The second kappa shape index (κ2) is 8.04. The van der Waals surface area contributed by atoms with Gasteiger partial charge in [0, 0.05) is 19.1 Å². The number of nitrogen functional groups attached to an aromatic ring is 1. The SMILES string of the molecule is COc1ccc(N)c(N[C@@H]2CCCCN(C(=O)OC(C)(C)C)C2)c1Cl. The zero-order chi connectivity index (χ0) is 18.6. The van der Waals surface area contributed by atoms with Gasteiger partial charge in [-0.15, -0.1) is 0 Å². The third kappa shape index (κ3) is 5.33. The number of carbonyl (C=O) groups is 1. The largest absolute Gasteiger partial charge is 0.495 e. The van der Waals surface area contributed by atoms with Gasteiger partial charge in [0.25, 0.3) is 0 Å². The number of anilines is 2. The van der Waals surface area contributed by atoms with Crippen LogP contribution in [0.4, 0.5) is 16.2 Å². The first-order valence-electron chi connectivity index (χ1n) is 8.57. The summed E-state index contributed by atoms with van der Waals surface area (Å²) in [5.74, 6) is 0.566. The highest BCUT2D eigenvalue weighted by Gasteiger charge is 2.27. The molecule has 7 heteroatoms. The lowest BCUT2D eigenvalue weighted by Crippen LogP contribution is -2.42. The van der Waals surface area contributed by atoms with E-state index in [-0.39, 0.29) is 12.1 Å². The van der Waals surface area contributed by atoms with Crippen LogP contribution in [0.5, 0.6) is 5.75 Å². The lowest BCUT2D eigenvalue weighted by molar-refractivity contribution is 0.0252. The van der Waals surface area contributed by atoms with Gasteiger partial charge < -0.3 is 25.4 Å². The molecule has 0 bridgehead atoms. The van der Waals surface area contributed by atoms with E-state index >= 15 is 0 Å². The molecule has 0 unspecified atom stereocenters. The first-order valence-corrected chi connectivity index (χ1v) is 8.95. The molecule has 1 amide bonds. The molecule has 0 radical (unpaired) electrons. The summed E-state index contributed by atoms with van der Waals surface area (Å²) in [6, 6.07) is 3.54. The molecule has 1 fully saturated rings. The minimum atomic E-state index is -0.507. The van der Waals surface area contributed by atoms with Crippen molar-refractivity contribution in [2.45, 2.75) is 51.7 Å². The van der Waals surface area contributed by atoms with Crippen molar-refractivity contribution in [2.24, 2.45) is 0 Å². The van der Waals surface area contributed by atoms with Gasteiger partial charge in [-0.3, -0.25) is 0 Å². The Morgan fingerprint density at radius 3 is 2.72 bits per heavy atom. The molecular formula is C18H28ClN3O3. The number of nitrogens with zero attached hydrogens (tertiary/aromatic N) is 1. The molecule has 1 heterocycles. The van der Waals surface area contributed by atoms with E-state index in [0.29, 0.717) is 35.2 Å². The van der Waals surface area contributed by atoms with Gasteiger partial charge in [-0.1, -0.05) is 11.6 Å².